The number of hydrogen-bond donors (Lipinski definition) is 2. The lowest BCUT2D eigenvalue weighted by Crippen LogP contribution is -2.18. The molecular formula is C16H18N6O. The van der Waals surface area contributed by atoms with E-state index in [1.54, 1.807) is 0 Å². The Morgan fingerprint density at radius 3 is 2.83 bits per heavy atom. The molecule has 7 nitrogen and oxygen atoms in total. The van der Waals surface area contributed by atoms with Crippen LogP contribution in [0.25, 0.3) is 0 Å². The van der Waals surface area contributed by atoms with Gasteiger partial charge in [0, 0.05) is 5.56 Å². The predicted octanol–water partition coefficient (Wildman–Crippen LogP) is 1.89. The number of nitrogens with two attached hydrogens (primary N) is 1. The van der Waals surface area contributed by atoms with Crippen molar-refractivity contribution >= 4 is 5.95 Å². The molecule has 0 saturated heterocycles. The summed E-state index contributed by atoms with van der Waals surface area (Å²) in [7, 11) is 0. The van der Waals surface area contributed by atoms with Crippen molar-refractivity contribution in [2.24, 2.45) is 0 Å². The smallest absolute Gasteiger partial charge is 0.260 e. The maximum Gasteiger partial charge on any atom is 0.260 e. The number of benzene rings is 2. The van der Waals surface area contributed by atoms with E-state index in [9.17, 15) is 0 Å². The number of rotatable bonds is 6. The first-order valence-electron chi connectivity index (χ1n) is 7.26. The van der Waals surface area contributed by atoms with Gasteiger partial charge in [-0.2, -0.15) is 0 Å². The van der Waals surface area contributed by atoms with E-state index < -0.39 is 0 Å². The molecule has 3 N–H and O–H groups in total. The number of anilines is 1. The molecule has 0 fully saturated rings. The molecule has 3 aromatic rings. The van der Waals surface area contributed by atoms with E-state index in [1.807, 2.05) is 30.3 Å². The Morgan fingerprint density at radius 2 is 2.04 bits per heavy atom. The first-order chi connectivity index (χ1) is 11.2. The van der Waals surface area contributed by atoms with Crippen LogP contribution < -0.4 is 15.9 Å². The van der Waals surface area contributed by atoms with Gasteiger partial charge in [-0.25, -0.2) is 0 Å². The summed E-state index contributed by atoms with van der Waals surface area (Å²) >= 11 is 0. The highest BCUT2D eigenvalue weighted by Gasteiger charge is 2.05. The van der Waals surface area contributed by atoms with Crippen LogP contribution >= 0.6 is 0 Å². The number of nitrogens with one attached hydrogen (secondary N) is 1. The van der Waals surface area contributed by atoms with Crippen molar-refractivity contribution in [3.05, 3.63) is 65.2 Å². The van der Waals surface area contributed by atoms with Crippen LogP contribution in [0.3, 0.4) is 0 Å². The number of aryl methyl sites for hydroxylation is 1. The van der Waals surface area contributed by atoms with Gasteiger partial charge in [0.25, 0.3) is 5.95 Å². The molecule has 7 heteroatoms. The van der Waals surface area contributed by atoms with Crippen LogP contribution in [0.2, 0.25) is 0 Å². The summed E-state index contributed by atoms with van der Waals surface area (Å²) in [5.41, 5.74) is 12.0. The molecule has 0 aliphatic carbocycles. The lowest BCUT2D eigenvalue weighted by atomic mass is 10.1. The normalized spacial score (nSPS) is 10.5. The van der Waals surface area contributed by atoms with Gasteiger partial charge in [-0.3, -0.25) is 0 Å². The van der Waals surface area contributed by atoms with Crippen LogP contribution in [0, 0.1) is 6.92 Å². The molecule has 0 amide bonds. The molecule has 0 bridgehead atoms. The number of nitrogen functional groups attached to an aromatic ring is 1. The van der Waals surface area contributed by atoms with E-state index in [0.29, 0.717) is 13.2 Å². The van der Waals surface area contributed by atoms with Gasteiger partial charge in [0.2, 0.25) is 0 Å². The quantitative estimate of drug-likeness (QED) is 0.722. The zero-order valence-corrected chi connectivity index (χ0v) is 12.8. The topological polar surface area (TPSA) is 90.9 Å². The zero-order valence-electron chi connectivity index (χ0n) is 12.8. The average molecular weight is 310 g/mol. The van der Waals surface area contributed by atoms with Gasteiger partial charge in [0.15, 0.2) is 0 Å². The molecule has 0 spiro atoms. The number of ether oxygens (including phenoxy) is 1. The summed E-state index contributed by atoms with van der Waals surface area (Å²) in [5, 5.41) is 10.8. The predicted molar refractivity (Wildman–Crippen MR) is 87.2 cm³/mol. The molecule has 1 heterocycles. The third-order valence-corrected chi connectivity index (χ3v) is 3.36. The molecule has 3 rings (SSSR count). The van der Waals surface area contributed by atoms with Crippen LogP contribution in [0.15, 0.2) is 48.5 Å². The van der Waals surface area contributed by atoms with Crippen LogP contribution in [-0.2, 0) is 13.2 Å². The Labute approximate surface area is 134 Å². The van der Waals surface area contributed by atoms with Crippen molar-refractivity contribution < 1.29 is 4.74 Å². The molecule has 1 aromatic heterocycles. The van der Waals surface area contributed by atoms with Crippen LogP contribution in [0.4, 0.5) is 5.95 Å². The van der Waals surface area contributed by atoms with Gasteiger partial charge in [0.1, 0.15) is 12.4 Å². The van der Waals surface area contributed by atoms with E-state index >= 15 is 0 Å². The first kappa shape index (κ1) is 14.8. The van der Waals surface area contributed by atoms with E-state index in [-0.39, 0.29) is 5.95 Å². The molecule has 118 valence electrons. The van der Waals surface area contributed by atoms with Gasteiger partial charge in [-0.1, -0.05) is 53.1 Å². The SMILES string of the molecule is Cc1cccc(COc2ccccc2CNn2nnnc2N)c1. The lowest BCUT2D eigenvalue weighted by molar-refractivity contribution is 0.303. The molecule has 0 aliphatic rings. The number of hydrogen-bond acceptors (Lipinski definition) is 6. The van der Waals surface area contributed by atoms with E-state index in [0.717, 1.165) is 16.9 Å². The van der Waals surface area contributed by atoms with Gasteiger partial charge in [0.05, 0.1) is 6.54 Å². The van der Waals surface area contributed by atoms with E-state index in [2.05, 4.69) is 46.1 Å². The highest BCUT2D eigenvalue weighted by molar-refractivity contribution is 5.34. The number of nitrogens with zero attached hydrogens (tertiary/aromatic N) is 4. The zero-order chi connectivity index (χ0) is 16.1. The van der Waals surface area contributed by atoms with Crippen LogP contribution in [0.1, 0.15) is 16.7 Å². The summed E-state index contributed by atoms with van der Waals surface area (Å²) in [5.74, 6) is 1.02. The fourth-order valence-electron chi connectivity index (χ4n) is 2.22. The van der Waals surface area contributed by atoms with Crippen LogP contribution in [0.5, 0.6) is 5.75 Å². The largest absolute Gasteiger partial charge is 0.489 e. The van der Waals surface area contributed by atoms with Crippen molar-refractivity contribution in [3.8, 4) is 5.75 Å². The second kappa shape index (κ2) is 6.78. The average Bonchev–Trinajstić information content (AvgIpc) is 2.97. The summed E-state index contributed by atoms with van der Waals surface area (Å²) in [6, 6.07) is 16.1. The number of para-hydroxylation sites is 1. The monoisotopic (exact) mass is 310 g/mol. The Balaban J connectivity index is 1.67. The van der Waals surface area contributed by atoms with Crippen molar-refractivity contribution in [2.45, 2.75) is 20.1 Å². The molecule has 0 unspecified atom stereocenters. The van der Waals surface area contributed by atoms with Crippen LogP contribution in [-0.4, -0.2) is 20.3 Å². The second-order valence-corrected chi connectivity index (χ2v) is 5.17. The summed E-state index contributed by atoms with van der Waals surface area (Å²) in [6.45, 7) is 3.09. The number of tetrazole rings is 1. The highest BCUT2D eigenvalue weighted by Crippen LogP contribution is 2.19. The summed E-state index contributed by atoms with van der Waals surface area (Å²) in [6.07, 6.45) is 0. The molecule has 0 atom stereocenters. The second-order valence-electron chi connectivity index (χ2n) is 5.17. The van der Waals surface area contributed by atoms with Crippen molar-refractivity contribution in [1.29, 1.82) is 0 Å². The lowest BCUT2D eigenvalue weighted by Gasteiger charge is -2.13. The number of aromatic nitrogens is 4. The van der Waals surface area contributed by atoms with Gasteiger partial charge >= 0.3 is 0 Å². The van der Waals surface area contributed by atoms with Gasteiger partial charge in [-0.05, 0) is 29.0 Å². The van der Waals surface area contributed by atoms with Crippen molar-refractivity contribution in [3.63, 3.8) is 0 Å². The fourth-order valence-corrected chi connectivity index (χ4v) is 2.22. The standard InChI is InChI=1S/C16H18N6O/c1-12-5-4-6-13(9-12)11-23-15-8-3-2-7-14(15)10-18-22-16(17)19-20-21-22/h2-9,18H,10-11H2,1H3,(H2,17,19,21). The first-order valence-corrected chi connectivity index (χ1v) is 7.26. The van der Waals surface area contributed by atoms with Crippen molar-refractivity contribution in [2.75, 3.05) is 11.2 Å². The van der Waals surface area contributed by atoms with E-state index in [1.165, 1.54) is 10.4 Å². The molecule has 23 heavy (non-hydrogen) atoms. The Bertz CT molecular complexity index is 786. The fraction of sp³-hybridized carbons (Fsp3) is 0.188. The van der Waals surface area contributed by atoms with Crippen molar-refractivity contribution in [1.82, 2.24) is 20.3 Å². The Hall–Kier alpha value is -3.09. The minimum Gasteiger partial charge on any atom is -0.489 e. The maximum atomic E-state index is 5.95. The molecular weight excluding hydrogens is 292 g/mol. The molecule has 2 aromatic carbocycles. The minimum atomic E-state index is 0.211. The van der Waals surface area contributed by atoms with Gasteiger partial charge < -0.3 is 15.9 Å². The minimum absolute atomic E-state index is 0.211. The van der Waals surface area contributed by atoms with E-state index in [4.69, 9.17) is 10.5 Å². The molecule has 0 aliphatic heterocycles. The van der Waals surface area contributed by atoms with Gasteiger partial charge in [-0.15, -0.1) is 4.79 Å². The molecule has 0 radical (unpaired) electrons. The molecule has 0 saturated carbocycles. The third-order valence-electron chi connectivity index (χ3n) is 3.36. The summed E-state index contributed by atoms with van der Waals surface area (Å²) in [4.78, 5) is 1.33. The maximum absolute atomic E-state index is 5.95. The third kappa shape index (κ3) is 3.76. The Kier molecular flexibility index (Phi) is 4.37. The summed E-state index contributed by atoms with van der Waals surface area (Å²) < 4.78 is 5.95. The Morgan fingerprint density at radius 1 is 1.17 bits per heavy atom. The highest BCUT2D eigenvalue weighted by atomic mass is 16.5.